The van der Waals surface area contributed by atoms with E-state index < -0.39 is 15.8 Å². The Hall–Kier alpha value is -1.36. The Morgan fingerprint density at radius 1 is 0.344 bits per heavy atom. The summed E-state index contributed by atoms with van der Waals surface area (Å²) in [4.78, 5) is 0. The Morgan fingerprint density at radius 3 is 0.719 bits per heavy atom. The van der Waals surface area contributed by atoms with Crippen LogP contribution in [0.2, 0.25) is 20.1 Å². The molecule has 4 rings (SSSR count). The van der Waals surface area contributed by atoms with Crippen LogP contribution < -0.4 is 21.2 Å². The van der Waals surface area contributed by atoms with Crippen molar-refractivity contribution in [3.05, 3.63) is 129 Å². The van der Waals surface area contributed by atoms with Gasteiger partial charge in [0, 0.05) is 20.1 Å². The van der Waals surface area contributed by atoms with E-state index in [0.717, 1.165) is 20.1 Å². The second-order valence-corrected chi connectivity index (χ2v) is 12.8. The van der Waals surface area contributed by atoms with Gasteiger partial charge >= 0.3 is 0 Å². The van der Waals surface area contributed by atoms with Gasteiger partial charge in [-0.1, -0.05) is 107 Å². The van der Waals surface area contributed by atoms with Crippen LogP contribution in [0.3, 0.4) is 0 Å². The van der Waals surface area contributed by atoms with E-state index in [2.05, 4.69) is 60.2 Å². The van der Waals surface area contributed by atoms with Crippen molar-refractivity contribution in [3.63, 3.8) is 0 Å². The van der Waals surface area contributed by atoms with Crippen LogP contribution in [0, 0.1) is 0 Å². The van der Waals surface area contributed by atoms with Crippen LogP contribution in [-0.4, -0.2) is 0 Å². The van der Waals surface area contributed by atoms with Crippen molar-refractivity contribution in [1.29, 1.82) is 0 Å². The monoisotopic (exact) mass is 532 g/mol. The Kier molecular flexibility index (Phi) is 8.31. The second-order valence-electron chi connectivity index (χ2n) is 6.94. The molecule has 0 amide bonds. The van der Waals surface area contributed by atoms with Crippen molar-refractivity contribution in [2.24, 2.45) is 0 Å². The van der Waals surface area contributed by atoms with Gasteiger partial charge in [0.05, 0.1) is 0 Å². The molecule has 0 nitrogen and oxygen atoms in total. The highest BCUT2D eigenvalue weighted by atomic mass is 35.5. The van der Waals surface area contributed by atoms with Gasteiger partial charge in [-0.15, -0.1) is 0 Å². The fourth-order valence-electron chi connectivity index (χ4n) is 3.18. The molecule has 0 unspecified atom stereocenters. The van der Waals surface area contributed by atoms with Gasteiger partial charge in [-0.25, -0.2) is 0 Å². The van der Waals surface area contributed by atoms with Gasteiger partial charge in [-0.2, -0.15) is 0 Å². The minimum absolute atomic E-state index is 0.730. The lowest BCUT2D eigenvalue weighted by Crippen LogP contribution is -2.12. The Morgan fingerprint density at radius 2 is 0.531 bits per heavy atom. The highest BCUT2D eigenvalue weighted by Gasteiger charge is 2.15. The van der Waals surface area contributed by atoms with E-state index in [9.17, 15) is 0 Å². The van der Waals surface area contributed by atoms with Gasteiger partial charge in [0.1, 0.15) is 0 Å². The highest BCUT2D eigenvalue weighted by molar-refractivity contribution is 7.79. The summed E-state index contributed by atoms with van der Waals surface area (Å²) in [7, 11) is -1.47. The SMILES string of the molecule is Clc1ccc(P(/C=C\P(c2ccc(Cl)cc2)c2ccc(Cl)cc2)c2ccc(Cl)cc2)cc1. The molecule has 160 valence electrons. The van der Waals surface area contributed by atoms with Crippen molar-refractivity contribution in [2.45, 2.75) is 0 Å². The molecule has 32 heavy (non-hydrogen) atoms. The topological polar surface area (TPSA) is 0 Å². The molecule has 0 aromatic heterocycles. The zero-order chi connectivity index (χ0) is 22.5. The van der Waals surface area contributed by atoms with Crippen LogP contribution in [0.15, 0.2) is 109 Å². The van der Waals surface area contributed by atoms with Crippen LogP contribution in [0.5, 0.6) is 0 Å². The van der Waals surface area contributed by atoms with Gasteiger partial charge in [-0.05, 0) is 85.6 Å². The molecule has 0 fully saturated rings. The standard InChI is InChI=1S/C26H18Cl4P2/c27-19-1-9-23(10-2-19)31(24-11-3-20(28)4-12-24)17-18-32(25-13-5-21(29)6-14-25)26-15-7-22(30)8-16-26/h1-18H/b18-17-. The predicted molar refractivity (Wildman–Crippen MR) is 147 cm³/mol. The minimum Gasteiger partial charge on any atom is -0.0843 e. The molecule has 0 N–H and O–H groups in total. The molecule has 4 aromatic carbocycles. The van der Waals surface area contributed by atoms with Crippen LogP contribution >= 0.6 is 62.2 Å². The molecule has 0 saturated carbocycles. The summed E-state index contributed by atoms with van der Waals surface area (Å²) in [5, 5.41) is 7.83. The number of benzene rings is 4. The van der Waals surface area contributed by atoms with Crippen LogP contribution in [-0.2, 0) is 0 Å². The molecule has 0 aliphatic rings. The summed E-state index contributed by atoms with van der Waals surface area (Å²) >= 11 is 24.6. The van der Waals surface area contributed by atoms with Crippen molar-refractivity contribution in [2.75, 3.05) is 0 Å². The predicted octanol–water partition coefficient (Wildman–Crippen LogP) is 8.34. The van der Waals surface area contributed by atoms with E-state index in [1.165, 1.54) is 21.2 Å². The maximum atomic E-state index is 6.15. The van der Waals surface area contributed by atoms with E-state index in [4.69, 9.17) is 46.4 Å². The quantitative estimate of drug-likeness (QED) is 0.218. The zero-order valence-electron chi connectivity index (χ0n) is 16.8. The summed E-state index contributed by atoms with van der Waals surface area (Å²) in [5.74, 6) is 4.66. The van der Waals surface area contributed by atoms with Crippen molar-refractivity contribution in [1.82, 2.24) is 0 Å². The van der Waals surface area contributed by atoms with Crippen LogP contribution in [0.4, 0.5) is 0 Å². The van der Waals surface area contributed by atoms with Gasteiger partial charge in [0.2, 0.25) is 0 Å². The summed E-state index contributed by atoms with van der Waals surface area (Å²) in [6.07, 6.45) is 0. The summed E-state index contributed by atoms with van der Waals surface area (Å²) in [5.41, 5.74) is 0. The van der Waals surface area contributed by atoms with Crippen molar-refractivity contribution < 1.29 is 0 Å². The largest absolute Gasteiger partial charge is 0.0843 e. The molecule has 0 bridgehead atoms. The first kappa shape index (κ1) is 23.8. The summed E-state index contributed by atoms with van der Waals surface area (Å²) in [6.45, 7) is 0. The second kappa shape index (κ2) is 11.2. The third-order valence-corrected chi connectivity index (χ3v) is 10.3. The number of halogens is 4. The fourth-order valence-corrected chi connectivity index (χ4v) is 7.92. The maximum Gasteiger partial charge on any atom is 0.0406 e. The molecule has 0 atom stereocenters. The van der Waals surface area contributed by atoms with Gasteiger partial charge < -0.3 is 0 Å². The lowest BCUT2D eigenvalue weighted by atomic mass is 10.4. The molecule has 0 heterocycles. The molecular weight excluding hydrogens is 516 g/mol. The van der Waals surface area contributed by atoms with Gasteiger partial charge in [0.15, 0.2) is 0 Å². The van der Waals surface area contributed by atoms with Crippen molar-refractivity contribution in [3.8, 4) is 0 Å². The molecule has 0 aliphatic carbocycles. The van der Waals surface area contributed by atoms with Crippen LogP contribution in [0.1, 0.15) is 0 Å². The van der Waals surface area contributed by atoms with E-state index in [1.54, 1.807) is 0 Å². The molecule has 6 heteroatoms. The molecule has 0 spiro atoms. The average molecular weight is 534 g/mol. The first-order valence-electron chi connectivity index (χ1n) is 9.79. The lowest BCUT2D eigenvalue weighted by molar-refractivity contribution is 1.74. The molecular formula is C26H18Cl4P2. The first-order valence-corrected chi connectivity index (χ1v) is 14.1. The van der Waals surface area contributed by atoms with Gasteiger partial charge in [0.25, 0.3) is 0 Å². The third-order valence-electron chi connectivity index (χ3n) is 4.78. The third kappa shape index (κ3) is 6.15. The summed E-state index contributed by atoms with van der Waals surface area (Å²) in [6, 6.07) is 32.3. The Bertz CT molecular complexity index is 999. The van der Waals surface area contributed by atoms with E-state index in [-0.39, 0.29) is 0 Å². The lowest BCUT2D eigenvalue weighted by Gasteiger charge is -2.19. The molecule has 4 aromatic rings. The number of rotatable bonds is 6. The van der Waals surface area contributed by atoms with E-state index in [0.29, 0.717) is 0 Å². The molecule has 0 radical (unpaired) electrons. The fraction of sp³-hybridized carbons (Fsp3) is 0. The minimum atomic E-state index is -0.735. The molecule has 0 aliphatic heterocycles. The first-order chi connectivity index (χ1) is 15.5. The van der Waals surface area contributed by atoms with E-state index in [1.807, 2.05) is 48.5 Å². The highest BCUT2D eigenvalue weighted by Crippen LogP contribution is 2.43. The number of hydrogen-bond donors (Lipinski definition) is 0. The van der Waals surface area contributed by atoms with Gasteiger partial charge in [-0.3, -0.25) is 0 Å². The Balaban J connectivity index is 1.77. The maximum absolute atomic E-state index is 6.15. The van der Waals surface area contributed by atoms with Crippen LogP contribution in [0.25, 0.3) is 0 Å². The number of hydrogen-bond acceptors (Lipinski definition) is 0. The summed E-state index contributed by atoms with van der Waals surface area (Å²) < 4.78 is 0. The van der Waals surface area contributed by atoms with E-state index >= 15 is 0 Å². The zero-order valence-corrected chi connectivity index (χ0v) is 21.6. The molecule has 0 saturated heterocycles. The average Bonchev–Trinajstić information content (AvgIpc) is 2.80. The smallest absolute Gasteiger partial charge is 0.0406 e. The Labute approximate surface area is 211 Å². The normalized spacial score (nSPS) is 11.6. The van der Waals surface area contributed by atoms with Crippen molar-refractivity contribution >= 4 is 83.5 Å².